The molecule has 98 valence electrons. The molecule has 5 nitrogen and oxygen atoms in total. The second-order valence-corrected chi connectivity index (χ2v) is 3.51. The summed E-state index contributed by atoms with van der Waals surface area (Å²) in [6, 6.07) is 4.14. The second-order valence-electron chi connectivity index (χ2n) is 3.51. The van der Waals surface area contributed by atoms with Gasteiger partial charge >= 0.3 is 0 Å². The molecule has 7 heteroatoms. The van der Waals surface area contributed by atoms with Crippen molar-refractivity contribution in [2.45, 2.75) is 0 Å². The van der Waals surface area contributed by atoms with E-state index in [9.17, 15) is 13.6 Å². The van der Waals surface area contributed by atoms with Crippen molar-refractivity contribution in [1.82, 2.24) is 9.97 Å². The number of aromatic nitrogens is 2. The molecule has 2 heterocycles. The Morgan fingerprint density at radius 2 is 2.05 bits per heavy atom. The van der Waals surface area contributed by atoms with Crippen LogP contribution < -0.4 is 10.1 Å². The van der Waals surface area contributed by atoms with Crippen LogP contribution in [0.25, 0.3) is 0 Å². The maximum Gasteiger partial charge on any atom is 0.258 e. The molecule has 0 aliphatic heterocycles. The molecule has 2 aromatic rings. The third-order valence-electron chi connectivity index (χ3n) is 2.29. The number of ether oxygens (including phenoxy) is 1. The molecule has 2 rings (SSSR count). The topological polar surface area (TPSA) is 64.1 Å². The van der Waals surface area contributed by atoms with Gasteiger partial charge in [0, 0.05) is 12.3 Å². The monoisotopic (exact) mass is 265 g/mol. The average molecular weight is 265 g/mol. The van der Waals surface area contributed by atoms with Crippen molar-refractivity contribution in [3.05, 3.63) is 47.9 Å². The Labute approximate surface area is 107 Å². The Hall–Kier alpha value is -2.57. The van der Waals surface area contributed by atoms with Gasteiger partial charge in [-0.1, -0.05) is 0 Å². The van der Waals surface area contributed by atoms with Crippen LogP contribution in [0, 0.1) is 11.8 Å². The highest BCUT2D eigenvalue weighted by Gasteiger charge is 2.16. The predicted octanol–water partition coefficient (Wildman–Crippen LogP) is 2.02. The number of carbonyl (C=O) groups is 1. The van der Waals surface area contributed by atoms with Gasteiger partial charge in [-0.25, -0.2) is 14.4 Å². The molecule has 19 heavy (non-hydrogen) atoms. The van der Waals surface area contributed by atoms with Crippen LogP contribution >= 0.6 is 0 Å². The predicted molar refractivity (Wildman–Crippen MR) is 62.9 cm³/mol. The summed E-state index contributed by atoms with van der Waals surface area (Å²) in [4.78, 5) is 18.7. The molecule has 1 amide bonds. The number of amides is 1. The van der Waals surface area contributed by atoms with Gasteiger partial charge in [0.2, 0.25) is 11.8 Å². The standard InChI is InChI=1S/C12H9F2N3O2/c1-19-9-3-2-7(6-16-9)17-12(18)8-4-5-15-11(14)10(8)13/h2-6H,1H3,(H,17,18). The van der Waals surface area contributed by atoms with Crippen molar-refractivity contribution in [3.8, 4) is 5.88 Å². The average Bonchev–Trinajstić information content (AvgIpc) is 2.42. The van der Waals surface area contributed by atoms with Gasteiger partial charge in [0.15, 0.2) is 5.82 Å². The van der Waals surface area contributed by atoms with Gasteiger partial charge in [0.05, 0.1) is 24.6 Å². The summed E-state index contributed by atoms with van der Waals surface area (Å²) in [5.74, 6) is -3.02. The van der Waals surface area contributed by atoms with Gasteiger partial charge < -0.3 is 10.1 Å². The first-order valence-corrected chi connectivity index (χ1v) is 5.23. The zero-order chi connectivity index (χ0) is 13.8. The lowest BCUT2D eigenvalue weighted by molar-refractivity contribution is 0.102. The van der Waals surface area contributed by atoms with E-state index in [1.54, 1.807) is 0 Å². The molecule has 0 aromatic carbocycles. The van der Waals surface area contributed by atoms with Crippen molar-refractivity contribution < 1.29 is 18.3 Å². The summed E-state index contributed by atoms with van der Waals surface area (Å²) >= 11 is 0. The Kier molecular flexibility index (Phi) is 3.65. The number of methoxy groups -OCH3 is 1. The molecule has 1 N–H and O–H groups in total. The third-order valence-corrected chi connectivity index (χ3v) is 2.29. The summed E-state index contributed by atoms with van der Waals surface area (Å²) in [7, 11) is 1.45. The van der Waals surface area contributed by atoms with Gasteiger partial charge in [-0.3, -0.25) is 4.79 Å². The maximum absolute atomic E-state index is 13.3. The van der Waals surface area contributed by atoms with Gasteiger partial charge in [0.1, 0.15) is 0 Å². The lowest BCUT2D eigenvalue weighted by Gasteiger charge is -2.06. The Morgan fingerprint density at radius 3 is 2.68 bits per heavy atom. The normalized spacial score (nSPS) is 10.1. The van der Waals surface area contributed by atoms with Crippen molar-refractivity contribution in [3.63, 3.8) is 0 Å². The van der Waals surface area contributed by atoms with Gasteiger partial charge in [-0.2, -0.15) is 4.39 Å². The number of hydrogen-bond acceptors (Lipinski definition) is 4. The molecule has 0 saturated heterocycles. The number of nitrogens with one attached hydrogen (secondary N) is 1. The largest absolute Gasteiger partial charge is 0.481 e. The van der Waals surface area contributed by atoms with Crippen molar-refractivity contribution in [2.75, 3.05) is 12.4 Å². The Balaban J connectivity index is 2.18. The molecule has 0 fully saturated rings. The van der Waals surface area contributed by atoms with Crippen LogP contribution in [0.3, 0.4) is 0 Å². The fraction of sp³-hybridized carbons (Fsp3) is 0.0833. The molecular weight excluding hydrogens is 256 g/mol. The highest BCUT2D eigenvalue weighted by Crippen LogP contribution is 2.14. The van der Waals surface area contributed by atoms with Crippen LogP contribution in [0.2, 0.25) is 0 Å². The van der Waals surface area contributed by atoms with E-state index in [1.807, 2.05) is 0 Å². The molecule has 0 spiro atoms. The van der Waals surface area contributed by atoms with Crippen molar-refractivity contribution in [2.24, 2.45) is 0 Å². The van der Waals surface area contributed by atoms with Crippen LogP contribution in [0.4, 0.5) is 14.5 Å². The lowest BCUT2D eigenvalue weighted by Crippen LogP contribution is -2.15. The molecule has 0 unspecified atom stereocenters. The molecule has 0 atom stereocenters. The van der Waals surface area contributed by atoms with E-state index in [0.29, 0.717) is 11.6 Å². The fourth-order valence-corrected chi connectivity index (χ4v) is 1.37. The first-order valence-electron chi connectivity index (χ1n) is 5.23. The lowest BCUT2D eigenvalue weighted by atomic mass is 10.2. The second kappa shape index (κ2) is 5.38. The van der Waals surface area contributed by atoms with E-state index < -0.39 is 23.2 Å². The number of hydrogen-bond donors (Lipinski definition) is 1. The zero-order valence-corrected chi connectivity index (χ0v) is 9.85. The van der Waals surface area contributed by atoms with Crippen molar-refractivity contribution in [1.29, 1.82) is 0 Å². The van der Waals surface area contributed by atoms with Crippen LogP contribution in [0.1, 0.15) is 10.4 Å². The van der Waals surface area contributed by atoms with E-state index in [2.05, 4.69) is 15.3 Å². The number of halogens is 2. The van der Waals surface area contributed by atoms with E-state index in [-0.39, 0.29) is 0 Å². The Bertz CT molecular complexity index is 602. The van der Waals surface area contributed by atoms with E-state index >= 15 is 0 Å². The van der Waals surface area contributed by atoms with Gasteiger partial charge in [-0.05, 0) is 12.1 Å². The third kappa shape index (κ3) is 2.82. The smallest absolute Gasteiger partial charge is 0.258 e. The summed E-state index contributed by atoms with van der Waals surface area (Å²) in [5, 5.41) is 2.39. The maximum atomic E-state index is 13.3. The number of carbonyl (C=O) groups excluding carboxylic acids is 1. The number of nitrogens with zero attached hydrogens (tertiary/aromatic N) is 2. The molecule has 0 aliphatic rings. The van der Waals surface area contributed by atoms with Crippen molar-refractivity contribution >= 4 is 11.6 Å². The molecule has 2 aromatic heterocycles. The van der Waals surface area contributed by atoms with E-state index in [4.69, 9.17) is 4.74 Å². The SMILES string of the molecule is COc1ccc(NC(=O)c2ccnc(F)c2F)cn1. The van der Waals surface area contributed by atoms with Gasteiger partial charge in [-0.15, -0.1) is 0 Å². The molecule has 0 bridgehead atoms. The van der Waals surface area contributed by atoms with Crippen LogP contribution in [0.15, 0.2) is 30.6 Å². The van der Waals surface area contributed by atoms with Gasteiger partial charge in [0.25, 0.3) is 5.91 Å². The molecule has 0 radical (unpaired) electrons. The fourth-order valence-electron chi connectivity index (χ4n) is 1.37. The minimum Gasteiger partial charge on any atom is -0.481 e. The highest BCUT2D eigenvalue weighted by molar-refractivity contribution is 6.04. The minimum atomic E-state index is -1.32. The van der Waals surface area contributed by atoms with E-state index in [1.165, 1.54) is 25.4 Å². The number of pyridine rings is 2. The summed E-state index contributed by atoms with van der Waals surface area (Å²) < 4.78 is 31.1. The summed E-state index contributed by atoms with van der Waals surface area (Å²) in [5.41, 5.74) is -0.0919. The molecular formula is C12H9F2N3O2. The highest BCUT2D eigenvalue weighted by atomic mass is 19.2. The molecule has 0 saturated carbocycles. The summed E-state index contributed by atoms with van der Waals surface area (Å²) in [6.07, 6.45) is 2.35. The quantitative estimate of drug-likeness (QED) is 0.862. The first kappa shape index (κ1) is 12.9. The van der Waals surface area contributed by atoms with Crippen LogP contribution in [0.5, 0.6) is 5.88 Å². The molecule has 0 aliphatic carbocycles. The van der Waals surface area contributed by atoms with Crippen LogP contribution in [-0.4, -0.2) is 23.0 Å². The number of rotatable bonds is 3. The zero-order valence-electron chi connectivity index (χ0n) is 9.85. The first-order chi connectivity index (χ1) is 9.11. The Morgan fingerprint density at radius 1 is 1.26 bits per heavy atom. The number of anilines is 1. The minimum absolute atomic E-state index is 0.336. The van der Waals surface area contributed by atoms with E-state index in [0.717, 1.165) is 12.3 Å². The van der Waals surface area contributed by atoms with Crippen LogP contribution in [-0.2, 0) is 0 Å². The summed E-state index contributed by atoms with van der Waals surface area (Å²) in [6.45, 7) is 0.